The monoisotopic (exact) mass is 973 g/mol. The Labute approximate surface area is 421 Å². The van der Waals surface area contributed by atoms with E-state index >= 15 is 0 Å². The fourth-order valence-corrected chi connectivity index (χ4v) is 8.62. The Morgan fingerprint density at radius 2 is 0.868 bits per heavy atom. The van der Waals surface area contributed by atoms with Gasteiger partial charge in [-0.2, -0.15) is 0 Å². The lowest BCUT2D eigenvalue weighted by Gasteiger charge is -2.29. The van der Waals surface area contributed by atoms with Crippen molar-refractivity contribution in [1.29, 1.82) is 0 Å². The van der Waals surface area contributed by atoms with E-state index in [1.165, 1.54) is 167 Å². The molecule has 0 aliphatic carbocycles. The molecule has 0 aromatic heterocycles. The van der Waals surface area contributed by atoms with E-state index in [0.717, 1.165) is 57.8 Å². The van der Waals surface area contributed by atoms with Crippen LogP contribution in [0.2, 0.25) is 0 Å². The molecule has 0 fully saturated rings. The number of amides is 1. The van der Waals surface area contributed by atoms with Gasteiger partial charge in [0.2, 0.25) is 5.91 Å². The first-order chi connectivity index (χ1) is 33.0. The Balaban J connectivity index is 4.22. The molecule has 68 heavy (non-hydrogen) atoms. The Kier molecular flexibility index (Phi) is 48.4. The second-order valence-corrected chi connectivity index (χ2v) is 21.7. The Bertz CT molecular complexity index is 1330. The zero-order valence-electron chi connectivity index (χ0n) is 45.0. The largest absolute Gasteiger partial charge is 0.756 e. The van der Waals surface area contributed by atoms with E-state index in [9.17, 15) is 19.4 Å². The minimum atomic E-state index is -4.61. The van der Waals surface area contributed by atoms with Crippen molar-refractivity contribution >= 4 is 13.7 Å². The van der Waals surface area contributed by atoms with Crippen LogP contribution in [-0.4, -0.2) is 68.5 Å². The standard InChI is InChI=1S/C59H109N2O6P/c1-6-8-10-12-14-16-18-20-22-24-25-26-27-28-29-30-31-32-33-34-35-37-39-41-43-45-47-49-51-53-59(63)60-57(56-67-68(64,65)66-55-54-61(3,4)5)58(62)52-50-48-46-44-42-40-38-36-23-21-19-17-15-13-11-9-7-2/h18,20,23-25,27-28,36,42,44,50,52,57-58,62H,6-17,19,21-22,26,29-35,37-41,43,45-49,51,53-56H2,1-5H3,(H-,60,63,64,65)/b20-18-,25-24-,28-27-,36-23+,44-42+,52-50+. The molecule has 0 radical (unpaired) electrons. The zero-order valence-corrected chi connectivity index (χ0v) is 45.9. The van der Waals surface area contributed by atoms with E-state index in [2.05, 4.69) is 79.9 Å². The van der Waals surface area contributed by atoms with Gasteiger partial charge < -0.3 is 28.8 Å². The summed E-state index contributed by atoms with van der Waals surface area (Å²) in [6.45, 7) is 4.61. The van der Waals surface area contributed by atoms with Crippen LogP contribution in [-0.2, 0) is 18.4 Å². The van der Waals surface area contributed by atoms with Gasteiger partial charge in [0, 0.05) is 6.42 Å². The topological polar surface area (TPSA) is 108 Å². The van der Waals surface area contributed by atoms with Crippen LogP contribution in [0.4, 0.5) is 0 Å². The fourth-order valence-electron chi connectivity index (χ4n) is 7.90. The molecule has 0 aliphatic rings. The normalized spacial score (nSPS) is 14.5. The molecule has 0 saturated carbocycles. The first-order valence-electron chi connectivity index (χ1n) is 28.3. The number of unbranched alkanes of at least 4 members (excludes halogenated alkanes) is 28. The number of hydrogen-bond acceptors (Lipinski definition) is 6. The summed E-state index contributed by atoms with van der Waals surface area (Å²) >= 11 is 0. The van der Waals surface area contributed by atoms with Crippen molar-refractivity contribution in [2.75, 3.05) is 40.9 Å². The van der Waals surface area contributed by atoms with Crippen molar-refractivity contribution in [3.63, 3.8) is 0 Å². The van der Waals surface area contributed by atoms with Crippen molar-refractivity contribution in [1.82, 2.24) is 5.32 Å². The number of carbonyl (C=O) groups excluding carboxylic acids is 1. The Morgan fingerprint density at radius 3 is 1.29 bits per heavy atom. The third-order valence-corrected chi connectivity index (χ3v) is 13.3. The van der Waals surface area contributed by atoms with Crippen LogP contribution >= 0.6 is 7.82 Å². The second kappa shape index (κ2) is 49.9. The number of likely N-dealkylation sites (N-methyl/N-ethyl adjacent to an activating group) is 1. The van der Waals surface area contributed by atoms with Crippen molar-refractivity contribution in [2.24, 2.45) is 0 Å². The summed E-state index contributed by atoms with van der Waals surface area (Å²) in [5.74, 6) is -0.213. The number of nitrogens with one attached hydrogen (secondary N) is 1. The number of phosphoric ester groups is 1. The van der Waals surface area contributed by atoms with Gasteiger partial charge in [-0.15, -0.1) is 0 Å². The quantitative estimate of drug-likeness (QED) is 0.0272. The summed E-state index contributed by atoms with van der Waals surface area (Å²) in [6, 6.07) is -0.913. The number of aliphatic hydroxyl groups is 1. The number of rotatable bonds is 51. The van der Waals surface area contributed by atoms with Crippen LogP contribution < -0.4 is 10.2 Å². The number of phosphoric acid groups is 1. The summed E-state index contributed by atoms with van der Waals surface area (Å²) in [6.07, 6.45) is 68.3. The summed E-state index contributed by atoms with van der Waals surface area (Å²) in [4.78, 5) is 25.5. The molecule has 2 N–H and O–H groups in total. The van der Waals surface area contributed by atoms with Crippen LogP contribution in [0.25, 0.3) is 0 Å². The maximum absolute atomic E-state index is 12.9. The average Bonchev–Trinajstić information content (AvgIpc) is 3.30. The molecule has 1 amide bonds. The number of carbonyl (C=O) groups is 1. The van der Waals surface area contributed by atoms with E-state index in [4.69, 9.17) is 9.05 Å². The van der Waals surface area contributed by atoms with Crippen LogP contribution in [0.1, 0.15) is 245 Å². The van der Waals surface area contributed by atoms with Gasteiger partial charge in [-0.25, -0.2) is 0 Å². The number of allylic oxidation sites excluding steroid dienone is 11. The smallest absolute Gasteiger partial charge is 0.268 e. The maximum atomic E-state index is 12.9. The predicted octanol–water partition coefficient (Wildman–Crippen LogP) is 16.5. The van der Waals surface area contributed by atoms with Gasteiger partial charge in [0.15, 0.2) is 0 Å². The first kappa shape index (κ1) is 65.9. The molecule has 0 aliphatic heterocycles. The highest BCUT2D eigenvalue weighted by atomic mass is 31.2. The number of nitrogens with zero attached hydrogens (tertiary/aromatic N) is 1. The summed E-state index contributed by atoms with van der Waals surface area (Å²) in [5.41, 5.74) is 0. The van der Waals surface area contributed by atoms with Gasteiger partial charge in [0.05, 0.1) is 39.9 Å². The highest BCUT2D eigenvalue weighted by Gasteiger charge is 2.23. The van der Waals surface area contributed by atoms with E-state index in [1.807, 2.05) is 27.2 Å². The average molecular weight is 974 g/mol. The molecular formula is C59H109N2O6P. The minimum Gasteiger partial charge on any atom is -0.756 e. The third-order valence-electron chi connectivity index (χ3n) is 12.4. The molecule has 0 bridgehead atoms. The van der Waals surface area contributed by atoms with Crippen LogP contribution in [0.3, 0.4) is 0 Å². The van der Waals surface area contributed by atoms with Crippen molar-refractivity contribution in [2.45, 2.75) is 257 Å². The van der Waals surface area contributed by atoms with Gasteiger partial charge in [0.1, 0.15) is 13.2 Å². The van der Waals surface area contributed by atoms with E-state index < -0.39 is 26.6 Å². The molecule has 0 aromatic rings. The van der Waals surface area contributed by atoms with Crippen molar-refractivity contribution < 1.29 is 32.9 Å². The molecule has 0 spiro atoms. The SMILES string of the molecule is CCCCCCC/C=C\C/C=C\C/C=C\CCCCCCCCCCCCCCCCC(=O)NC(COP(=O)([O-])OCC[N+](C)(C)C)C(O)/C=C/CC/C=C/CC/C=C/CCCCCCCCC. The van der Waals surface area contributed by atoms with Gasteiger partial charge in [-0.3, -0.25) is 9.36 Å². The second-order valence-electron chi connectivity index (χ2n) is 20.3. The summed E-state index contributed by atoms with van der Waals surface area (Å²) in [7, 11) is 1.23. The number of aliphatic hydroxyl groups excluding tert-OH is 1. The first-order valence-corrected chi connectivity index (χ1v) is 29.8. The van der Waals surface area contributed by atoms with Crippen LogP contribution in [0.5, 0.6) is 0 Å². The number of hydrogen-bond donors (Lipinski definition) is 2. The van der Waals surface area contributed by atoms with Crippen molar-refractivity contribution in [3.05, 3.63) is 72.9 Å². The predicted molar refractivity (Wildman–Crippen MR) is 293 cm³/mol. The van der Waals surface area contributed by atoms with Crippen LogP contribution in [0.15, 0.2) is 72.9 Å². The molecule has 396 valence electrons. The molecule has 0 saturated heterocycles. The van der Waals surface area contributed by atoms with Gasteiger partial charge in [0.25, 0.3) is 7.82 Å². The molecule has 0 rings (SSSR count). The Morgan fingerprint density at radius 1 is 0.515 bits per heavy atom. The lowest BCUT2D eigenvalue weighted by molar-refractivity contribution is -0.870. The van der Waals surface area contributed by atoms with Gasteiger partial charge in [-0.05, 0) is 83.5 Å². The molecule has 3 atom stereocenters. The van der Waals surface area contributed by atoms with Gasteiger partial charge in [-0.1, -0.05) is 228 Å². The lowest BCUT2D eigenvalue weighted by Crippen LogP contribution is -2.45. The molecule has 0 heterocycles. The van der Waals surface area contributed by atoms with Gasteiger partial charge >= 0.3 is 0 Å². The van der Waals surface area contributed by atoms with Crippen LogP contribution in [0, 0.1) is 0 Å². The van der Waals surface area contributed by atoms with E-state index in [0.29, 0.717) is 17.4 Å². The van der Waals surface area contributed by atoms with E-state index in [-0.39, 0.29) is 12.5 Å². The summed E-state index contributed by atoms with van der Waals surface area (Å²) < 4.78 is 23.3. The molecule has 3 unspecified atom stereocenters. The maximum Gasteiger partial charge on any atom is 0.268 e. The summed E-state index contributed by atoms with van der Waals surface area (Å²) in [5, 5.41) is 13.8. The van der Waals surface area contributed by atoms with E-state index in [1.54, 1.807) is 6.08 Å². The highest BCUT2D eigenvalue weighted by molar-refractivity contribution is 7.45. The lowest BCUT2D eigenvalue weighted by atomic mass is 10.0. The van der Waals surface area contributed by atoms with Crippen molar-refractivity contribution in [3.8, 4) is 0 Å². The minimum absolute atomic E-state index is 0.0112. The molecule has 9 heteroatoms. The third kappa shape index (κ3) is 51.8. The highest BCUT2D eigenvalue weighted by Crippen LogP contribution is 2.38. The molecular weight excluding hydrogens is 864 g/mol. The fraction of sp³-hybridized carbons (Fsp3) is 0.780. The molecule has 8 nitrogen and oxygen atoms in total. The Hall–Kier alpha value is -2.06. The number of quaternary nitrogens is 1. The molecule has 0 aromatic carbocycles. The zero-order chi connectivity index (χ0) is 49.9.